The van der Waals surface area contributed by atoms with Gasteiger partial charge in [-0.3, -0.25) is 4.79 Å². The number of nitrogens with one attached hydrogen (secondary N) is 2. The molecule has 11 heteroatoms. The third kappa shape index (κ3) is 8.53. The second kappa shape index (κ2) is 11.7. The number of hydrogen-bond donors (Lipinski definition) is 3. The van der Waals surface area contributed by atoms with Crippen molar-refractivity contribution in [2.24, 2.45) is 0 Å². The van der Waals surface area contributed by atoms with E-state index < -0.39 is 12.1 Å². The van der Waals surface area contributed by atoms with Crippen LogP contribution in [0.25, 0.3) is 0 Å². The van der Waals surface area contributed by atoms with Crippen molar-refractivity contribution in [2.75, 3.05) is 24.3 Å². The molecule has 0 atom stereocenters. The number of carboxylic acid groups (broad SMARTS) is 1. The Kier molecular flexibility index (Phi) is 9.22. The van der Waals surface area contributed by atoms with Crippen LogP contribution >= 0.6 is 0 Å². The van der Waals surface area contributed by atoms with Gasteiger partial charge in [0.05, 0.1) is 0 Å². The summed E-state index contributed by atoms with van der Waals surface area (Å²) >= 11 is 0. The largest absolute Gasteiger partial charge is 0.490 e. The molecule has 3 N–H and O–H groups in total. The Morgan fingerprint density at radius 1 is 1.03 bits per heavy atom. The van der Waals surface area contributed by atoms with Gasteiger partial charge in [-0.15, -0.1) is 0 Å². The van der Waals surface area contributed by atoms with E-state index in [0.29, 0.717) is 12.0 Å². The minimum Gasteiger partial charge on any atom is -0.475 e. The summed E-state index contributed by atoms with van der Waals surface area (Å²) in [5.41, 5.74) is 2.79. The summed E-state index contributed by atoms with van der Waals surface area (Å²) in [4.78, 5) is 32.4. The van der Waals surface area contributed by atoms with E-state index in [9.17, 15) is 18.0 Å². The number of benzene rings is 1. The Labute approximate surface area is 196 Å². The van der Waals surface area contributed by atoms with Crippen molar-refractivity contribution in [2.45, 2.75) is 57.8 Å². The van der Waals surface area contributed by atoms with Gasteiger partial charge in [-0.2, -0.15) is 18.2 Å². The first-order valence-electron chi connectivity index (χ1n) is 10.8. The Bertz CT molecular complexity index is 990. The van der Waals surface area contributed by atoms with Crippen molar-refractivity contribution in [3.63, 3.8) is 0 Å². The number of aliphatic carboxylic acids is 1. The topological polar surface area (TPSA) is 107 Å². The molecule has 0 saturated heterocycles. The highest BCUT2D eigenvalue weighted by Gasteiger charge is 2.38. The second-order valence-electron chi connectivity index (χ2n) is 8.42. The number of carbonyl (C=O) groups is 2. The molecule has 1 amide bonds. The Hall–Kier alpha value is -3.37. The van der Waals surface area contributed by atoms with Gasteiger partial charge >= 0.3 is 12.1 Å². The van der Waals surface area contributed by atoms with Crippen molar-refractivity contribution in [3.8, 4) is 0 Å². The number of nitrogens with zero attached hydrogens (tertiary/aromatic N) is 3. The van der Waals surface area contributed by atoms with Crippen LogP contribution in [0.1, 0.15) is 47.3 Å². The summed E-state index contributed by atoms with van der Waals surface area (Å²) in [7, 11) is 3.96. The molecule has 1 aliphatic carbocycles. The van der Waals surface area contributed by atoms with Crippen molar-refractivity contribution in [1.82, 2.24) is 15.3 Å². The van der Waals surface area contributed by atoms with Gasteiger partial charge < -0.3 is 20.6 Å². The second-order valence-corrected chi connectivity index (χ2v) is 8.42. The molecule has 1 heterocycles. The fourth-order valence-electron chi connectivity index (χ4n) is 3.47. The number of amides is 1. The predicted molar refractivity (Wildman–Crippen MR) is 123 cm³/mol. The predicted octanol–water partition coefficient (Wildman–Crippen LogP) is 3.95. The molecule has 0 spiro atoms. The lowest BCUT2D eigenvalue weighted by Crippen LogP contribution is -2.40. The van der Waals surface area contributed by atoms with Crippen LogP contribution in [0.4, 0.5) is 24.9 Å². The first-order chi connectivity index (χ1) is 15.8. The lowest BCUT2D eigenvalue weighted by Gasteiger charge is -2.30. The minimum absolute atomic E-state index is 0.0211. The molecule has 1 aliphatic rings. The highest BCUT2D eigenvalue weighted by molar-refractivity contribution is 5.94. The normalized spacial score (nSPS) is 17.7. The van der Waals surface area contributed by atoms with Gasteiger partial charge in [0.15, 0.2) is 0 Å². The van der Waals surface area contributed by atoms with Gasteiger partial charge in [0.2, 0.25) is 5.95 Å². The molecule has 1 aromatic carbocycles. The standard InChI is InChI=1S/C21H29N5O.C2HF3O2/c1-14-6-5-7-16(12-14)20(27)23-17-8-10-18(11-9-17)24-21-22-15(2)13-19(25-21)26(3)4;3-2(4,5)1(6)7/h5-7,12-13,17-18H,8-11H2,1-4H3,(H,23,27)(H,22,24,25);(H,6,7)/t17-,18+;. The molecule has 0 bridgehead atoms. The number of aryl methyl sites for hydroxylation is 2. The summed E-state index contributed by atoms with van der Waals surface area (Å²) in [6.07, 6.45) is -1.18. The average molecular weight is 482 g/mol. The van der Waals surface area contributed by atoms with Crippen molar-refractivity contribution >= 4 is 23.6 Å². The number of alkyl halides is 3. The Morgan fingerprint density at radius 3 is 2.15 bits per heavy atom. The number of hydrogen-bond acceptors (Lipinski definition) is 6. The lowest BCUT2D eigenvalue weighted by molar-refractivity contribution is -0.192. The molecular weight excluding hydrogens is 451 g/mol. The highest BCUT2D eigenvalue weighted by Crippen LogP contribution is 2.22. The van der Waals surface area contributed by atoms with Crippen molar-refractivity contribution < 1.29 is 27.9 Å². The van der Waals surface area contributed by atoms with E-state index in [4.69, 9.17) is 9.90 Å². The summed E-state index contributed by atoms with van der Waals surface area (Å²) < 4.78 is 31.7. The lowest BCUT2D eigenvalue weighted by atomic mass is 9.91. The third-order valence-corrected chi connectivity index (χ3v) is 5.22. The fraction of sp³-hybridized carbons (Fsp3) is 0.478. The zero-order valence-corrected chi connectivity index (χ0v) is 19.6. The van der Waals surface area contributed by atoms with Gasteiger partial charge in [0, 0.05) is 43.5 Å². The average Bonchev–Trinajstić information content (AvgIpc) is 2.74. The van der Waals surface area contributed by atoms with Crippen LogP contribution in [0.2, 0.25) is 0 Å². The first-order valence-corrected chi connectivity index (χ1v) is 10.8. The molecule has 2 aromatic rings. The number of aromatic nitrogens is 2. The summed E-state index contributed by atoms with van der Waals surface area (Å²) in [6.45, 7) is 3.99. The van der Waals surface area contributed by atoms with Crippen molar-refractivity contribution in [1.29, 1.82) is 0 Å². The van der Waals surface area contributed by atoms with E-state index in [0.717, 1.165) is 48.3 Å². The molecule has 1 fully saturated rings. The maximum atomic E-state index is 12.4. The fourth-order valence-corrected chi connectivity index (χ4v) is 3.47. The van der Waals surface area contributed by atoms with E-state index in [1.165, 1.54) is 0 Å². The van der Waals surface area contributed by atoms with Crippen LogP contribution in [0.5, 0.6) is 0 Å². The van der Waals surface area contributed by atoms with Gasteiger partial charge in [-0.1, -0.05) is 17.7 Å². The van der Waals surface area contributed by atoms with E-state index >= 15 is 0 Å². The summed E-state index contributed by atoms with van der Waals surface area (Å²) in [6, 6.07) is 10.3. The van der Waals surface area contributed by atoms with Crippen LogP contribution in [0.3, 0.4) is 0 Å². The van der Waals surface area contributed by atoms with Crippen molar-refractivity contribution in [3.05, 3.63) is 47.2 Å². The molecular formula is C23H30F3N5O3. The Morgan fingerprint density at radius 2 is 1.62 bits per heavy atom. The summed E-state index contributed by atoms with van der Waals surface area (Å²) in [5, 5.41) is 13.8. The van der Waals surface area contributed by atoms with E-state index in [1.807, 2.05) is 63.2 Å². The maximum Gasteiger partial charge on any atom is 0.490 e. The maximum absolute atomic E-state index is 12.4. The quantitative estimate of drug-likeness (QED) is 0.594. The molecule has 0 unspecified atom stereocenters. The van der Waals surface area contributed by atoms with Crippen LogP contribution < -0.4 is 15.5 Å². The number of carboxylic acids is 1. The Balaban J connectivity index is 0.000000509. The first kappa shape index (κ1) is 26.9. The summed E-state index contributed by atoms with van der Waals surface area (Å²) in [5.74, 6) is -1.14. The zero-order valence-electron chi connectivity index (χ0n) is 19.6. The number of carbonyl (C=O) groups excluding carboxylic acids is 1. The smallest absolute Gasteiger partial charge is 0.475 e. The van der Waals surface area contributed by atoms with Crippen LogP contribution in [-0.4, -0.2) is 59.3 Å². The van der Waals surface area contributed by atoms with E-state index in [2.05, 4.69) is 20.6 Å². The van der Waals surface area contributed by atoms with Crippen LogP contribution in [-0.2, 0) is 4.79 Å². The van der Waals surface area contributed by atoms with Gasteiger partial charge in [0.1, 0.15) is 5.82 Å². The minimum atomic E-state index is -5.08. The molecule has 0 aliphatic heterocycles. The van der Waals surface area contributed by atoms with Gasteiger partial charge in [0.25, 0.3) is 5.91 Å². The third-order valence-electron chi connectivity index (χ3n) is 5.22. The van der Waals surface area contributed by atoms with Crippen LogP contribution in [0, 0.1) is 13.8 Å². The molecule has 1 aromatic heterocycles. The zero-order chi connectivity index (χ0) is 25.5. The monoisotopic (exact) mass is 481 g/mol. The molecule has 186 valence electrons. The molecule has 1 saturated carbocycles. The van der Waals surface area contributed by atoms with Crippen LogP contribution in [0.15, 0.2) is 30.3 Å². The number of anilines is 2. The number of halogens is 3. The molecule has 3 rings (SSSR count). The number of rotatable bonds is 5. The molecule has 34 heavy (non-hydrogen) atoms. The van der Waals surface area contributed by atoms with E-state index in [-0.39, 0.29) is 11.9 Å². The molecule has 8 nitrogen and oxygen atoms in total. The SMILES string of the molecule is Cc1cccc(C(=O)N[C@H]2CC[C@@H](Nc3nc(C)cc(N(C)C)n3)CC2)c1.O=C(O)C(F)(F)F. The highest BCUT2D eigenvalue weighted by atomic mass is 19.4. The van der Waals surface area contributed by atoms with E-state index in [1.54, 1.807) is 0 Å². The van der Waals surface area contributed by atoms with Gasteiger partial charge in [-0.05, 0) is 51.7 Å². The van der Waals surface area contributed by atoms with Gasteiger partial charge in [-0.25, -0.2) is 9.78 Å². The molecule has 0 radical (unpaired) electrons.